The van der Waals surface area contributed by atoms with E-state index in [1.165, 1.54) is 13.0 Å². The molecule has 3 aliphatic rings. The maximum Gasteiger partial charge on any atom is 0.311 e. The van der Waals surface area contributed by atoms with Gasteiger partial charge in [0.15, 0.2) is 17.9 Å². The number of carbonyl (C=O) groups excluding carboxylic acids is 3. The molecule has 3 heterocycles. The molecular formula is C59H86N2O19. The number of carbonyl (C=O) groups is 4. The van der Waals surface area contributed by atoms with Gasteiger partial charge in [0.2, 0.25) is 0 Å². The minimum Gasteiger partial charge on any atom is -0.481 e. The number of aliphatic hydroxyl groups is 10. The molecule has 21 heteroatoms. The summed E-state index contributed by atoms with van der Waals surface area (Å²) in [5, 5.41) is 122. The van der Waals surface area contributed by atoms with Crippen molar-refractivity contribution in [1.82, 2.24) is 0 Å². The molecule has 2 saturated heterocycles. The molecule has 19 atom stereocenters. The van der Waals surface area contributed by atoms with Crippen LogP contribution in [0.25, 0.3) is 0 Å². The predicted octanol–water partition coefficient (Wildman–Crippen LogP) is 2.75. The molecule has 21 nitrogen and oxygen atoms in total. The summed E-state index contributed by atoms with van der Waals surface area (Å²) < 4.78 is 23.7. The molecule has 0 aromatic heterocycles. The van der Waals surface area contributed by atoms with Crippen LogP contribution in [-0.2, 0) is 33.3 Å². The summed E-state index contributed by atoms with van der Waals surface area (Å²) in [7, 11) is 1.77. The van der Waals surface area contributed by atoms with Gasteiger partial charge >= 0.3 is 11.9 Å². The van der Waals surface area contributed by atoms with Crippen LogP contribution in [0.4, 0.5) is 5.69 Å². The van der Waals surface area contributed by atoms with Crippen LogP contribution in [0.2, 0.25) is 0 Å². The summed E-state index contributed by atoms with van der Waals surface area (Å²) in [5.74, 6) is -7.75. The number of hydrogen-bond acceptors (Lipinski definition) is 20. The number of Topliss-reactive ketones (excluding diaryl/α,β-unsaturated/α-hetero) is 2. The Morgan fingerprint density at radius 3 is 1.86 bits per heavy atom. The zero-order valence-corrected chi connectivity index (χ0v) is 46.0. The first kappa shape index (κ1) is 67.4. The smallest absolute Gasteiger partial charge is 0.311 e. The monoisotopic (exact) mass is 1130 g/mol. The van der Waals surface area contributed by atoms with E-state index in [-0.39, 0.29) is 36.9 Å². The third-order valence-corrected chi connectivity index (χ3v) is 14.4. The number of carboxylic acid groups (broad SMARTS) is 1. The molecule has 4 rings (SSSR count). The Morgan fingerprint density at radius 2 is 1.27 bits per heavy atom. The van der Waals surface area contributed by atoms with Gasteiger partial charge in [-0.2, -0.15) is 0 Å². The molecule has 1 aromatic carbocycles. The van der Waals surface area contributed by atoms with Crippen LogP contribution in [0.15, 0.2) is 109 Å². The van der Waals surface area contributed by atoms with Crippen LogP contribution in [0.5, 0.6) is 0 Å². The Bertz CT molecular complexity index is 2300. The van der Waals surface area contributed by atoms with Crippen LogP contribution in [0.3, 0.4) is 0 Å². The number of ether oxygens (including phenoxy) is 4. The average Bonchev–Trinajstić information content (AvgIpc) is 3.48. The zero-order chi connectivity index (χ0) is 59.1. The van der Waals surface area contributed by atoms with Crippen molar-refractivity contribution in [2.75, 3.05) is 12.4 Å². The fourth-order valence-electron chi connectivity index (χ4n) is 10.1. The number of aliphatic carboxylic acids is 1. The number of rotatable bonds is 11. The lowest BCUT2D eigenvalue weighted by atomic mass is 9.82. The Kier molecular flexibility index (Phi) is 28.4. The largest absolute Gasteiger partial charge is 0.481 e. The number of nitrogens with one attached hydrogen (secondary N) is 1. The van der Waals surface area contributed by atoms with Gasteiger partial charge in [-0.15, -0.1) is 0 Å². The molecule has 14 N–H and O–H groups in total. The molecule has 80 heavy (non-hydrogen) atoms. The van der Waals surface area contributed by atoms with E-state index in [1.54, 1.807) is 104 Å². The minimum absolute atomic E-state index is 0.106. The molecule has 2 bridgehead atoms. The summed E-state index contributed by atoms with van der Waals surface area (Å²) in [6.45, 7) is 5.22. The number of nitrogens with two attached hydrogens (primary N) is 1. The first-order valence-electron chi connectivity index (χ1n) is 27.4. The third-order valence-electron chi connectivity index (χ3n) is 14.4. The number of anilines is 1. The summed E-state index contributed by atoms with van der Waals surface area (Å²) >= 11 is 0. The number of esters is 1. The summed E-state index contributed by atoms with van der Waals surface area (Å²) in [5.41, 5.74) is 7.35. The Labute approximate surface area is 468 Å². The fourth-order valence-corrected chi connectivity index (χ4v) is 10.1. The molecular weight excluding hydrogens is 1040 g/mol. The second-order valence-corrected chi connectivity index (χ2v) is 21.4. The van der Waals surface area contributed by atoms with E-state index in [1.807, 2.05) is 19.9 Å². The number of hydrogen-bond donors (Lipinski definition) is 13. The normalized spacial score (nSPS) is 35.2. The van der Waals surface area contributed by atoms with Crippen LogP contribution < -0.4 is 11.1 Å². The van der Waals surface area contributed by atoms with Crippen molar-refractivity contribution >= 4 is 29.2 Å². The lowest BCUT2D eigenvalue weighted by Crippen LogP contribution is -2.61. The Balaban J connectivity index is 1.54. The fraction of sp³-hybridized carbons (Fsp3) is 0.593. The highest BCUT2D eigenvalue weighted by Crippen LogP contribution is 2.38. The van der Waals surface area contributed by atoms with Gasteiger partial charge in [-0.05, 0) is 69.2 Å². The quantitative estimate of drug-likeness (QED) is 0.112. The molecule has 0 spiro atoms. The van der Waals surface area contributed by atoms with E-state index in [0.29, 0.717) is 12.0 Å². The van der Waals surface area contributed by atoms with Gasteiger partial charge in [0.25, 0.3) is 0 Å². The highest BCUT2D eigenvalue weighted by atomic mass is 16.7. The number of allylic oxidation sites excluding steroid dienone is 12. The van der Waals surface area contributed by atoms with Crippen LogP contribution in [-0.4, -0.2) is 184 Å². The lowest BCUT2D eigenvalue weighted by Gasteiger charge is -2.45. The van der Waals surface area contributed by atoms with Crippen LogP contribution in [0.1, 0.15) is 108 Å². The molecule has 0 amide bonds. The van der Waals surface area contributed by atoms with Crippen molar-refractivity contribution in [3.05, 3.63) is 115 Å². The topological polar surface area (TPSA) is 366 Å². The maximum atomic E-state index is 13.3. The molecule has 0 unspecified atom stereocenters. The summed E-state index contributed by atoms with van der Waals surface area (Å²) in [4.78, 5) is 51.7. The van der Waals surface area contributed by atoms with E-state index in [4.69, 9.17) is 24.7 Å². The van der Waals surface area contributed by atoms with Gasteiger partial charge in [-0.25, -0.2) is 0 Å². The molecule has 0 radical (unpaired) electrons. The molecule has 446 valence electrons. The standard InChI is InChI=1S/C59H86N2O19/c1-35-17-15-13-11-9-7-5-6-8-10-12-14-16-18-47(78-58-55(73)53(60)54(72)37(3)77-58)32-50-52(57(74)75)49(70)34-59(76,80-50)33-46(68)29-44(66)27-42(64)25-41(63)26-43(65)28-45(67)31-51(71)79-56(35)36(2)19-24-40(62)30-48(69)38-20-22-39(61-4)23-21-38/h5-18,20-23,35-37,40-42,44-47,49-50,52-56,58,61-64,66-68,70,72-73,76H,19,24-34,60H2,1-4H3,(H,74,75)/t35-,36+,37+,40+,41-,42-,44+,45+,46+,47+,49+,50+,52+,53-,54+,55+,56-,58-,59-/m0/s1. The van der Waals surface area contributed by atoms with E-state index >= 15 is 0 Å². The van der Waals surface area contributed by atoms with E-state index in [0.717, 1.165) is 5.69 Å². The third kappa shape index (κ3) is 23.0. The number of aliphatic hydroxyl groups excluding tert-OH is 9. The molecule has 0 saturated carbocycles. The highest BCUT2D eigenvalue weighted by molar-refractivity contribution is 5.96. The van der Waals surface area contributed by atoms with Gasteiger partial charge in [0, 0.05) is 62.7 Å². The molecule has 2 fully saturated rings. The maximum absolute atomic E-state index is 13.3. The Morgan fingerprint density at radius 1 is 0.725 bits per heavy atom. The van der Waals surface area contributed by atoms with Crippen molar-refractivity contribution in [1.29, 1.82) is 0 Å². The molecule has 3 aliphatic heterocycles. The van der Waals surface area contributed by atoms with Crippen molar-refractivity contribution in [2.24, 2.45) is 23.5 Å². The minimum atomic E-state index is -2.34. The second kappa shape index (κ2) is 33.7. The van der Waals surface area contributed by atoms with Gasteiger partial charge < -0.3 is 86.2 Å². The lowest BCUT2D eigenvalue weighted by molar-refractivity contribution is -0.308. The van der Waals surface area contributed by atoms with E-state index in [2.05, 4.69) is 5.32 Å². The highest BCUT2D eigenvalue weighted by Gasteiger charge is 2.51. The number of carboxylic acids is 1. The number of fused-ring (bicyclic) bond motifs is 2. The summed E-state index contributed by atoms with van der Waals surface area (Å²) in [6, 6.07) is 5.74. The van der Waals surface area contributed by atoms with Gasteiger partial charge in [-0.3, -0.25) is 19.2 Å². The van der Waals surface area contributed by atoms with Crippen molar-refractivity contribution in [3.63, 3.8) is 0 Å². The van der Waals surface area contributed by atoms with Crippen molar-refractivity contribution < 1.29 is 94.3 Å². The zero-order valence-electron chi connectivity index (χ0n) is 46.0. The van der Waals surface area contributed by atoms with Crippen molar-refractivity contribution in [3.8, 4) is 0 Å². The first-order valence-corrected chi connectivity index (χ1v) is 27.4. The number of ketones is 2. The van der Waals surface area contributed by atoms with Gasteiger partial charge in [-0.1, -0.05) is 98.9 Å². The number of benzene rings is 1. The average molecular weight is 1130 g/mol. The van der Waals surface area contributed by atoms with E-state index < -0.39 is 172 Å². The second-order valence-electron chi connectivity index (χ2n) is 21.4. The van der Waals surface area contributed by atoms with Crippen molar-refractivity contribution in [2.45, 2.75) is 195 Å². The summed E-state index contributed by atoms with van der Waals surface area (Å²) in [6.07, 6.45) is 1.86. The van der Waals surface area contributed by atoms with Crippen LogP contribution >= 0.6 is 0 Å². The Hall–Kier alpha value is -5.08. The van der Waals surface area contributed by atoms with Crippen LogP contribution in [0, 0.1) is 17.8 Å². The van der Waals surface area contributed by atoms with Gasteiger partial charge in [0.1, 0.15) is 23.9 Å². The molecule has 1 aromatic rings. The van der Waals surface area contributed by atoms with E-state index in [9.17, 15) is 75.3 Å². The first-order chi connectivity index (χ1) is 37.9. The predicted molar refractivity (Wildman–Crippen MR) is 295 cm³/mol. The number of cyclic esters (lactones) is 1. The SMILES string of the molecule is CNc1ccc(C(=O)C[C@H](O)CC[C@@H](C)[C@H]2OC(=O)C[C@H](O)CC(=O)C[C@@H](O)C[C@H](O)C[C@@H](O)C[C@@H](O)C[C@@]3(O)C[C@@H](O)[C@@H](C(=O)O)[C@@H](C[C@H](O[C@@H]4O[C@H](C)[C@@H](O)[C@H](N)[C@H]4O)C=CC=CC=CC=CC=CC=CC=C[C@@H]2C)O3)cc1. The van der Waals surface area contributed by atoms with Gasteiger partial charge in [0.05, 0.1) is 79.6 Å². The molecule has 0 aliphatic carbocycles.